The van der Waals surface area contributed by atoms with Crippen LogP contribution < -0.4 is 4.90 Å². The zero-order chi connectivity index (χ0) is 12.3. The summed E-state index contributed by atoms with van der Waals surface area (Å²) in [6.45, 7) is 3.68. The molecule has 1 saturated heterocycles. The maximum atomic E-state index is 11.0. The van der Waals surface area contributed by atoms with Gasteiger partial charge >= 0.3 is 5.97 Å². The van der Waals surface area contributed by atoms with Crippen LogP contribution in [0.25, 0.3) is 0 Å². The van der Waals surface area contributed by atoms with Crippen LogP contribution >= 0.6 is 11.8 Å². The van der Waals surface area contributed by atoms with Crippen molar-refractivity contribution in [2.24, 2.45) is 0 Å². The van der Waals surface area contributed by atoms with E-state index in [1.165, 1.54) is 11.3 Å². The highest BCUT2D eigenvalue weighted by atomic mass is 32.2. The topological polar surface area (TPSA) is 40.5 Å². The fourth-order valence-electron chi connectivity index (χ4n) is 2.14. The molecule has 1 aliphatic heterocycles. The molecule has 92 valence electrons. The number of anilines is 1. The molecule has 1 atom stereocenters. The normalized spacial score (nSPS) is 20.3. The first-order valence-corrected chi connectivity index (χ1v) is 6.94. The molecule has 0 saturated carbocycles. The van der Waals surface area contributed by atoms with Gasteiger partial charge in [-0.25, -0.2) is 0 Å². The molecule has 2 rings (SSSR count). The smallest absolute Gasteiger partial charge is 0.318 e. The van der Waals surface area contributed by atoms with Crippen molar-refractivity contribution in [1.82, 2.24) is 0 Å². The largest absolute Gasteiger partial charge is 0.480 e. The number of carboxylic acids is 1. The first-order valence-electron chi connectivity index (χ1n) is 5.89. The molecule has 1 N–H and O–H groups in total. The maximum absolute atomic E-state index is 11.0. The predicted octanol–water partition coefficient (Wildman–Crippen LogP) is 2.26. The number of carboxylic acid groups (broad SMARTS) is 1. The highest BCUT2D eigenvalue weighted by molar-refractivity contribution is 8.00. The average Bonchev–Trinajstić information content (AvgIpc) is 2.39. The molecule has 0 aromatic heterocycles. The Labute approximate surface area is 106 Å². The van der Waals surface area contributed by atoms with Crippen LogP contribution in [0.2, 0.25) is 0 Å². The van der Waals surface area contributed by atoms with Crippen LogP contribution in [0.3, 0.4) is 0 Å². The molecule has 1 aromatic carbocycles. The Hall–Kier alpha value is -1.16. The Morgan fingerprint density at radius 3 is 3.00 bits per heavy atom. The van der Waals surface area contributed by atoms with E-state index in [1.54, 1.807) is 11.8 Å². The lowest BCUT2D eigenvalue weighted by atomic mass is 10.1. The second-order valence-corrected chi connectivity index (χ2v) is 5.44. The van der Waals surface area contributed by atoms with Gasteiger partial charge in [-0.05, 0) is 18.1 Å². The van der Waals surface area contributed by atoms with E-state index in [4.69, 9.17) is 5.11 Å². The van der Waals surface area contributed by atoms with Gasteiger partial charge in [-0.2, -0.15) is 0 Å². The molecule has 0 amide bonds. The fourth-order valence-corrected chi connectivity index (χ4v) is 3.17. The SMILES string of the molecule is CCc1ccccc1N1CCSC(C(=O)O)C1. The number of aliphatic carboxylic acids is 1. The van der Waals surface area contributed by atoms with Gasteiger partial charge in [-0.3, -0.25) is 4.79 Å². The first-order chi connectivity index (χ1) is 8.22. The summed E-state index contributed by atoms with van der Waals surface area (Å²) in [5, 5.41) is 8.78. The van der Waals surface area contributed by atoms with Crippen LogP contribution in [0.15, 0.2) is 24.3 Å². The van der Waals surface area contributed by atoms with Crippen LogP contribution in [0.1, 0.15) is 12.5 Å². The van der Waals surface area contributed by atoms with Crippen molar-refractivity contribution in [1.29, 1.82) is 0 Å². The highest BCUT2D eigenvalue weighted by Crippen LogP contribution is 2.27. The van der Waals surface area contributed by atoms with Crippen LogP contribution in [-0.4, -0.2) is 35.2 Å². The third-order valence-electron chi connectivity index (χ3n) is 3.06. The van der Waals surface area contributed by atoms with Gasteiger partial charge in [0.2, 0.25) is 0 Å². The molecule has 1 unspecified atom stereocenters. The van der Waals surface area contributed by atoms with Crippen molar-refractivity contribution in [3.8, 4) is 0 Å². The summed E-state index contributed by atoms with van der Waals surface area (Å²) >= 11 is 1.54. The molecule has 1 heterocycles. The molecule has 0 radical (unpaired) electrons. The zero-order valence-electron chi connectivity index (χ0n) is 9.93. The minimum atomic E-state index is -0.700. The molecule has 1 aromatic rings. The van der Waals surface area contributed by atoms with E-state index in [-0.39, 0.29) is 5.25 Å². The lowest BCUT2D eigenvalue weighted by molar-refractivity contribution is -0.136. The van der Waals surface area contributed by atoms with Crippen molar-refractivity contribution in [3.05, 3.63) is 29.8 Å². The number of para-hydroxylation sites is 1. The lowest BCUT2D eigenvalue weighted by Crippen LogP contribution is -2.41. The Morgan fingerprint density at radius 2 is 2.29 bits per heavy atom. The van der Waals surface area contributed by atoms with E-state index >= 15 is 0 Å². The van der Waals surface area contributed by atoms with Gasteiger partial charge in [-0.15, -0.1) is 11.8 Å². The van der Waals surface area contributed by atoms with Crippen LogP contribution in [0.5, 0.6) is 0 Å². The monoisotopic (exact) mass is 251 g/mol. The number of rotatable bonds is 3. The Morgan fingerprint density at radius 1 is 1.53 bits per heavy atom. The minimum Gasteiger partial charge on any atom is -0.480 e. The average molecular weight is 251 g/mol. The summed E-state index contributed by atoms with van der Waals surface area (Å²) in [6, 6.07) is 8.27. The fraction of sp³-hybridized carbons (Fsp3) is 0.462. The maximum Gasteiger partial charge on any atom is 0.318 e. The summed E-state index contributed by atoms with van der Waals surface area (Å²) in [5.74, 6) is 0.184. The summed E-state index contributed by atoms with van der Waals surface area (Å²) in [6.07, 6.45) is 0.984. The van der Waals surface area contributed by atoms with Crippen molar-refractivity contribution in [3.63, 3.8) is 0 Å². The third kappa shape index (κ3) is 2.75. The first kappa shape index (κ1) is 12.3. The van der Waals surface area contributed by atoms with Crippen molar-refractivity contribution < 1.29 is 9.90 Å². The zero-order valence-corrected chi connectivity index (χ0v) is 10.7. The van der Waals surface area contributed by atoms with Gasteiger partial charge in [0.05, 0.1) is 0 Å². The highest BCUT2D eigenvalue weighted by Gasteiger charge is 2.26. The van der Waals surface area contributed by atoms with E-state index in [2.05, 4.69) is 24.0 Å². The van der Waals surface area contributed by atoms with Gasteiger partial charge < -0.3 is 10.0 Å². The molecule has 1 fully saturated rings. The number of benzene rings is 1. The number of hydrogen-bond donors (Lipinski definition) is 1. The van der Waals surface area contributed by atoms with Gasteiger partial charge in [-0.1, -0.05) is 25.1 Å². The molecule has 3 nitrogen and oxygen atoms in total. The van der Waals surface area contributed by atoms with Crippen LogP contribution in [-0.2, 0) is 11.2 Å². The number of carbonyl (C=O) groups is 1. The number of nitrogens with zero attached hydrogens (tertiary/aromatic N) is 1. The van der Waals surface area contributed by atoms with Crippen molar-refractivity contribution in [2.45, 2.75) is 18.6 Å². The van der Waals surface area contributed by atoms with E-state index in [9.17, 15) is 4.79 Å². The summed E-state index contributed by atoms with van der Waals surface area (Å²) in [5.41, 5.74) is 2.49. The predicted molar refractivity (Wildman–Crippen MR) is 71.9 cm³/mol. The minimum absolute atomic E-state index is 0.298. The Kier molecular flexibility index (Phi) is 3.94. The number of thioether (sulfide) groups is 1. The molecule has 0 bridgehead atoms. The summed E-state index contributed by atoms with van der Waals surface area (Å²) in [4.78, 5) is 13.2. The van der Waals surface area contributed by atoms with Crippen molar-refractivity contribution in [2.75, 3.05) is 23.7 Å². The van der Waals surface area contributed by atoms with Gasteiger partial charge in [0.15, 0.2) is 0 Å². The summed E-state index contributed by atoms with van der Waals surface area (Å²) in [7, 11) is 0. The van der Waals surface area contributed by atoms with Crippen molar-refractivity contribution >= 4 is 23.4 Å². The van der Waals surface area contributed by atoms with Gasteiger partial charge in [0.1, 0.15) is 5.25 Å². The second-order valence-electron chi connectivity index (χ2n) is 4.13. The lowest BCUT2D eigenvalue weighted by Gasteiger charge is -2.33. The molecular weight excluding hydrogens is 234 g/mol. The molecule has 1 aliphatic rings. The third-order valence-corrected chi connectivity index (χ3v) is 4.23. The van der Waals surface area contributed by atoms with E-state index in [0.29, 0.717) is 6.54 Å². The number of aryl methyl sites for hydroxylation is 1. The Balaban J connectivity index is 2.18. The van der Waals surface area contributed by atoms with Crippen LogP contribution in [0.4, 0.5) is 5.69 Å². The Bertz CT molecular complexity index is 408. The van der Waals surface area contributed by atoms with E-state index < -0.39 is 5.97 Å². The number of hydrogen-bond acceptors (Lipinski definition) is 3. The molecule has 17 heavy (non-hydrogen) atoms. The molecule has 4 heteroatoms. The van der Waals surface area contributed by atoms with Gasteiger partial charge in [0, 0.05) is 24.5 Å². The summed E-state index contributed by atoms with van der Waals surface area (Å²) < 4.78 is 0. The standard InChI is InChI=1S/C13H17NO2S/c1-2-10-5-3-4-6-11(10)14-7-8-17-12(9-14)13(15)16/h3-6,12H,2,7-9H2,1H3,(H,15,16). The quantitative estimate of drug-likeness (QED) is 0.894. The van der Waals surface area contributed by atoms with Crippen LogP contribution in [0, 0.1) is 0 Å². The van der Waals surface area contributed by atoms with E-state index in [0.717, 1.165) is 18.7 Å². The molecule has 0 spiro atoms. The second kappa shape index (κ2) is 5.45. The molecule has 0 aliphatic carbocycles. The van der Waals surface area contributed by atoms with Gasteiger partial charge in [0.25, 0.3) is 0 Å². The van der Waals surface area contributed by atoms with E-state index in [1.807, 2.05) is 12.1 Å². The molecular formula is C13H17NO2S.